The lowest BCUT2D eigenvalue weighted by Crippen LogP contribution is -2.30. The summed E-state index contributed by atoms with van der Waals surface area (Å²) in [5.41, 5.74) is 2.48. The molecular weight excluding hydrogens is 203 g/mol. The first kappa shape index (κ1) is 11.2. The lowest BCUT2D eigenvalue weighted by atomic mass is 9.80. The summed E-state index contributed by atoms with van der Waals surface area (Å²) in [6, 6.07) is 3.41. The van der Waals surface area contributed by atoms with Gasteiger partial charge in [-0.15, -0.1) is 0 Å². The summed E-state index contributed by atoms with van der Waals surface area (Å²) in [5, 5.41) is 22.5. The van der Waals surface area contributed by atoms with Crippen LogP contribution < -0.4 is 5.46 Å². The van der Waals surface area contributed by atoms with E-state index in [0.29, 0.717) is 5.46 Å². The van der Waals surface area contributed by atoms with Gasteiger partial charge in [0.05, 0.1) is 11.7 Å². The van der Waals surface area contributed by atoms with E-state index in [-0.39, 0.29) is 5.41 Å². The molecule has 0 saturated carbocycles. The Kier molecular flexibility index (Phi) is 2.52. The Hall–Kier alpha value is -1.33. The van der Waals surface area contributed by atoms with Crippen molar-refractivity contribution in [2.75, 3.05) is 0 Å². The summed E-state index contributed by atoms with van der Waals surface area (Å²) < 4.78 is 1.74. The van der Waals surface area contributed by atoms with Crippen LogP contribution in [0, 0.1) is 0 Å². The first-order chi connectivity index (χ1) is 7.39. The predicted molar refractivity (Wildman–Crippen MR) is 63.7 cm³/mol. The van der Waals surface area contributed by atoms with E-state index >= 15 is 0 Å². The molecule has 0 atom stereocenters. The Labute approximate surface area is 94.7 Å². The van der Waals surface area contributed by atoms with Gasteiger partial charge in [-0.3, -0.25) is 0 Å². The highest BCUT2D eigenvalue weighted by molar-refractivity contribution is 6.58. The molecule has 4 nitrogen and oxygen atoms in total. The standard InChI is InChI=1S/C11H15BN2O2/c1-11(2,3)9-7-13-14-5-4-8(12(15)16)6-10(9)14/h4-7,15-16H,1-3H3. The highest BCUT2D eigenvalue weighted by Gasteiger charge is 2.20. The molecule has 0 aliphatic rings. The molecule has 0 amide bonds. The molecule has 0 bridgehead atoms. The topological polar surface area (TPSA) is 57.8 Å². The summed E-state index contributed by atoms with van der Waals surface area (Å²) in [6.07, 6.45) is 3.56. The van der Waals surface area contributed by atoms with Crippen molar-refractivity contribution in [3.63, 3.8) is 0 Å². The molecule has 0 unspecified atom stereocenters. The molecule has 2 aromatic rings. The smallest absolute Gasteiger partial charge is 0.423 e. The van der Waals surface area contributed by atoms with E-state index in [4.69, 9.17) is 10.0 Å². The molecule has 2 rings (SSSR count). The fourth-order valence-corrected chi connectivity index (χ4v) is 1.74. The third kappa shape index (κ3) is 1.84. The molecule has 0 fully saturated rings. The Morgan fingerprint density at radius 2 is 2.00 bits per heavy atom. The third-order valence-electron chi connectivity index (χ3n) is 2.65. The molecule has 84 valence electrons. The lowest BCUT2D eigenvalue weighted by molar-refractivity contribution is 0.425. The van der Waals surface area contributed by atoms with Gasteiger partial charge in [0.2, 0.25) is 0 Å². The van der Waals surface area contributed by atoms with Crippen molar-refractivity contribution in [3.05, 3.63) is 30.1 Å². The zero-order chi connectivity index (χ0) is 11.9. The van der Waals surface area contributed by atoms with Gasteiger partial charge in [0.1, 0.15) is 0 Å². The molecule has 0 radical (unpaired) electrons. The van der Waals surface area contributed by atoms with Crippen molar-refractivity contribution in [3.8, 4) is 0 Å². The average molecular weight is 218 g/mol. The number of aromatic nitrogens is 2. The van der Waals surface area contributed by atoms with Crippen LogP contribution in [0.2, 0.25) is 0 Å². The van der Waals surface area contributed by atoms with Crippen LogP contribution in [0.3, 0.4) is 0 Å². The van der Waals surface area contributed by atoms with Crippen LogP contribution in [0.1, 0.15) is 26.3 Å². The first-order valence-electron chi connectivity index (χ1n) is 5.23. The Morgan fingerprint density at radius 3 is 2.56 bits per heavy atom. The van der Waals surface area contributed by atoms with E-state index < -0.39 is 7.12 Å². The van der Waals surface area contributed by atoms with Gasteiger partial charge in [-0.25, -0.2) is 4.52 Å². The van der Waals surface area contributed by atoms with E-state index in [9.17, 15) is 0 Å². The van der Waals surface area contributed by atoms with Gasteiger partial charge < -0.3 is 10.0 Å². The van der Waals surface area contributed by atoms with Crippen LogP contribution in [0.4, 0.5) is 0 Å². The lowest BCUT2D eigenvalue weighted by Gasteiger charge is -2.16. The fraction of sp³-hybridized carbons (Fsp3) is 0.364. The van der Waals surface area contributed by atoms with Gasteiger partial charge in [0.15, 0.2) is 0 Å². The molecule has 0 aliphatic carbocycles. The van der Waals surface area contributed by atoms with Crippen molar-refractivity contribution in [2.24, 2.45) is 0 Å². The molecule has 16 heavy (non-hydrogen) atoms. The van der Waals surface area contributed by atoms with E-state index in [1.807, 2.05) is 6.20 Å². The van der Waals surface area contributed by atoms with Crippen LogP contribution in [0.5, 0.6) is 0 Å². The van der Waals surface area contributed by atoms with E-state index in [1.54, 1.807) is 22.8 Å². The molecule has 0 spiro atoms. The van der Waals surface area contributed by atoms with Gasteiger partial charge in [-0.2, -0.15) is 5.10 Å². The SMILES string of the molecule is CC(C)(C)c1cnn2ccc(B(O)O)cc12. The number of nitrogens with zero attached hydrogens (tertiary/aromatic N) is 2. The molecule has 5 heteroatoms. The number of hydrogen-bond acceptors (Lipinski definition) is 3. The maximum atomic E-state index is 9.14. The molecular formula is C11H15BN2O2. The largest absolute Gasteiger partial charge is 0.488 e. The summed E-state index contributed by atoms with van der Waals surface area (Å²) in [6.45, 7) is 6.31. The normalized spacial score (nSPS) is 12.1. The van der Waals surface area contributed by atoms with Crippen LogP contribution >= 0.6 is 0 Å². The molecule has 0 aliphatic heterocycles. The summed E-state index contributed by atoms with van der Waals surface area (Å²) >= 11 is 0. The van der Waals surface area contributed by atoms with E-state index in [2.05, 4.69) is 25.9 Å². The second kappa shape index (κ2) is 3.61. The monoisotopic (exact) mass is 218 g/mol. The quantitative estimate of drug-likeness (QED) is 0.677. The zero-order valence-electron chi connectivity index (χ0n) is 9.68. The second-order valence-electron chi connectivity index (χ2n) is 4.97. The molecule has 2 N–H and O–H groups in total. The van der Waals surface area contributed by atoms with Crippen LogP contribution in [0.15, 0.2) is 24.5 Å². The van der Waals surface area contributed by atoms with Crippen molar-refractivity contribution in [2.45, 2.75) is 26.2 Å². The number of hydrogen-bond donors (Lipinski definition) is 2. The maximum absolute atomic E-state index is 9.14. The Balaban J connectivity index is 2.65. The average Bonchev–Trinajstić information content (AvgIpc) is 2.58. The molecule has 2 heterocycles. The minimum Gasteiger partial charge on any atom is -0.423 e. The number of fused-ring (bicyclic) bond motifs is 1. The van der Waals surface area contributed by atoms with Crippen LogP contribution in [-0.4, -0.2) is 26.8 Å². The summed E-state index contributed by atoms with van der Waals surface area (Å²) in [4.78, 5) is 0. The van der Waals surface area contributed by atoms with Crippen molar-refractivity contribution >= 4 is 18.1 Å². The van der Waals surface area contributed by atoms with Crippen LogP contribution in [-0.2, 0) is 5.41 Å². The van der Waals surface area contributed by atoms with Gasteiger partial charge in [-0.1, -0.05) is 20.8 Å². The number of rotatable bonds is 1. The summed E-state index contributed by atoms with van der Waals surface area (Å²) in [5.74, 6) is 0. The minimum atomic E-state index is -1.44. The minimum absolute atomic E-state index is 0.0131. The Morgan fingerprint density at radius 1 is 1.31 bits per heavy atom. The van der Waals surface area contributed by atoms with Gasteiger partial charge in [0.25, 0.3) is 0 Å². The number of pyridine rings is 1. The van der Waals surface area contributed by atoms with E-state index in [1.165, 1.54) is 0 Å². The predicted octanol–water partition coefficient (Wildman–Crippen LogP) is 0.312. The van der Waals surface area contributed by atoms with Crippen molar-refractivity contribution in [1.29, 1.82) is 0 Å². The Bertz CT molecular complexity index is 514. The molecule has 0 aromatic carbocycles. The van der Waals surface area contributed by atoms with Gasteiger partial charge in [-0.05, 0) is 23.0 Å². The molecule has 2 aromatic heterocycles. The first-order valence-corrected chi connectivity index (χ1v) is 5.23. The van der Waals surface area contributed by atoms with E-state index in [0.717, 1.165) is 11.1 Å². The zero-order valence-corrected chi connectivity index (χ0v) is 9.68. The van der Waals surface area contributed by atoms with Crippen LogP contribution in [0.25, 0.3) is 5.52 Å². The van der Waals surface area contributed by atoms with Crippen molar-refractivity contribution in [1.82, 2.24) is 9.61 Å². The second-order valence-corrected chi connectivity index (χ2v) is 4.97. The third-order valence-corrected chi connectivity index (χ3v) is 2.65. The molecule has 0 saturated heterocycles. The fourth-order valence-electron chi connectivity index (χ4n) is 1.74. The highest BCUT2D eigenvalue weighted by Crippen LogP contribution is 2.25. The van der Waals surface area contributed by atoms with Gasteiger partial charge >= 0.3 is 7.12 Å². The summed E-state index contributed by atoms with van der Waals surface area (Å²) in [7, 11) is -1.44. The highest BCUT2D eigenvalue weighted by atomic mass is 16.4. The van der Waals surface area contributed by atoms with Gasteiger partial charge in [0, 0.05) is 11.8 Å². The maximum Gasteiger partial charge on any atom is 0.488 e. The van der Waals surface area contributed by atoms with Crippen molar-refractivity contribution < 1.29 is 10.0 Å².